The number of carbonyl (C=O) groups excluding carboxylic acids is 2. The summed E-state index contributed by atoms with van der Waals surface area (Å²) in [5.74, 6) is -2.32. The quantitative estimate of drug-likeness (QED) is 0.397. The fourth-order valence-electron chi connectivity index (χ4n) is 5.40. The zero-order valence-electron chi connectivity index (χ0n) is 22.1. The Hall–Kier alpha value is -3.51. The van der Waals surface area contributed by atoms with Crippen LogP contribution in [-0.4, -0.2) is 36.4 Å². The van der Waals surface area contributed by atoms with Crippen LogP contribution in [0.4, 0.5) is 10.1 Å². The lowest BCUT2D eigenvalue weighted by Gasteiger charge is -2.35. The van der Waals surface area contributed by atoms with Gasteiger partial charge in [0.05, 0.1) is 0 Å². The minimum Gasteiger partial charge on any atom is -0.549 e. The summed E-state index contributed by atoms with van der Waals surface area (Å²) in [5, 5.41) is 15.3. The lowest BCUT2D eigenvalue weighted by molar-refractivity contribution is -0.308. The van der Waals surface area contributed by atoms with Gasteiger partial charge in [-0.1, -0.05) is 68.4 Å². The van der Waals surface area contributed by atoms with Crippen LogP contribution in [0.15, 0.2) is 78.9 Å². The molecule has 0 bridgehead atoms. The number of nitrogens with zero attached hydrogens (tertiary/aromatic N) is 1. The second kappa shape index (κ2) is 12.8. The van der Waals surface area contributed by atoms with E-state index in [1.165, 1.54) is 17.7 Å². The van der Waals surface area contributed by atoms with Crippen LogP contribution in [0.25, 0.3) is 0 Å². The Labute approximate surface area is 224 Å². The number of anilines is 1. The summed E-state index contributed by atoms with van der Waals surface area (Å²) in [7, 11) is 0. The number of carbonyl (C=O) groups is 2. The molecule has 200 valence electrons. The normalized spacial score (nSPS) is 16.2. The Bertz CT molecular complexity index is 1200. The number of aliphatic carboxylic acids is 1. The number of carboxylic acid groups (broad SMARTS) is 1. The first-order valence-corrected chi connectivity index (χ1v) is 13.5. The molecule has 1 heterocycles. The highest BCUT2D eigenvalue weighted by molar-refractivity contribution is 5.92. The lowest BCUT2D eigenvalue weighted by atomic mass is 9.79. The molecule has 3 aromatic rings. The zero-order valence-corrected chi connectivity index (χ0v) is 22.1. The van der Waals surface area contributed by atoms with Crippen molar-refractivity contribution in [3.8, 4) is 0 Å². The molecule has 0 spiro atoms. The van der Waals surface area contributed by atoms with Gasteiger partial charge in [-0.2, -0.15) is 0 Å². The number of piperidine rings is 1. The Balaban J connectivity index is 1.41. The van der Waals surface area contributed by atoms with Gasteiger partial charge in [0.25, 0.3) is 0 Å². The first-order chi connectivity index (χ1) is 18.3. The number of hydrogen-bond donors (Lipinski definition) is 1. The maximum absolute atomic E-state index is 13.5. The second-order valence-corrected chi connectivity index (χ2v) is 10.5. The van der Waals surface area contributed by atoms with Crippen molar-refractivity contribution >= 4 is 17.6 Å². The van der Waals surface area contributed by atoms with E-state index < -0.39 is 17.7 Å². The molecule has 38 heavy (non-hydrogen) atoms. The average molecular weight is 516 g/mol. The highest BCUT2D eigenvalue weighted by Gasteiger charge is 2.28. The Morgan fingerprint density at radius 2 is 1.63 bits per heavy atom. The van der Waals surface area contributed by atoms with Gasteiger partial charge >= 0.3 is 0 Å². The van der Waals surface area contributed by atoms with Crippen LogP contribution in [-0.2, 0) is 9.59 Å². The summed E-state index contributed by atoms with van der Waals surface area (Å²) in [5.41, 5.74) is 3.58. The van der Waals surface area contributed by atoms with E-state index in [4.69, 9.17) is 0 Å². The first kappa shape index (κ1) is 27.5. The summed E-state index contributed by atoms with van der Waals surface area (Å²) in [6, 6.07) is 23.5. The molecule has 0 aliphatic carbocycles. The largest absolute Gasteiger partial charge is 0.549 e. The van der Waals surface area contributed by atoms with E-state index in [0.29, 0.717) is 17.9 Å². The maximum atomic E-state index is 13.5. The Kier molecular flexibility index (Phi) is 9.29. The van der Waals surface area contributed by atoms with Crippen molar-refractivity contribution in [1.29, 1.82) is 0 Å². The molecule has 0 saturated carbocycles. The van der Waals surface area contributed by atoms with Crippen LogP contribution >= 0.6 is 0 Å². The van der Waals surface area contributed by atoms with Crippen LogP contribution < -0.4 is 10.4 Å². The molecule has 1 aliphatic rings. The van der Waals surface area contributed by atoms with E-state index in [9.17, 15) is 19.1 Å². The Morgan fingerprint density at radius 1 is 0.947 bits per heavy atom. The van der Waals surface area contributed by atoms with Gasteiger partial charge in [-0.05, 0) is 91.7 Å². The summed E-state index contributed by atoms with van der Waals surface area (Å²) in [6.07, 6.45) is 2.65. The van der Waals surface area contributed by atoms with Crippen LogP contribution in [0.2, 0.25) is 0 Å². The van der Waals surface area contributed by atoms with Crippen molar-refractivity contribution in [2.75, 3.05) is 25.0 Å². The number of hydrogen-bond acceptors (Lipinski definition) is 4. The third kappa shape index (κ3) is 7.07. The van der Waals surface area contributed by atoms with Gasteiger partial charge in [0, 0.05) is 23.5 Å². The lowest BCUT2D eigenvalue weighted by Crippen LogP contribution is -2.37. The van der Waals surface area contributed by atoms with Gasteiger partial charge in [-0.3, -0.25) is 4.79 Å². The molecule has 1 fully saturated rings. The number of carboxylic acids is 1. The second-order valence-electron chi connectivity index (χ2n) is 10.5. The molecule has 4 rings (SSSR count). The molecule has 2 atom stereocenters. The van der Waals surface area contributed by atoms with E-state index in [1.54, 1.807) is 12.1 Å². The van der Waals surface area contributed by atoms with Crippen molar-refractivity contribution < 1.29 is 19.1 Å². The van der Waals surface area contributed by atoms with Crippen molar-refractivity contribution in [1.82, 2.24) is 4.90 Å². The fourth-order valence-corrected chi connectivity index (χ4v) is 5.40. The monoisotopic (exact) mass is 515 g/mol. The van der Waals surface area contributed by atoms with Gasteiger partial charge in [0.2, 0.25) is 5.91 Å². The molecule has 1 N–H and O–H groups in total. The van der Waals surface area contributed by atoms with E-state index in [-0.39, 0.29) is 17.7 Å². The SMILES string of the molecule is CC(C)C(=O)Nc1cccc(C2CCN(CCC(c3ccccc3)C(C(=O)[O-])c3ccc(F)cc3)CC2)c1. The van der Waals surface area contributed by atoms with Gasteiger partial charge in [-0.25, -0.2) is 4.39 Å². The van der Waals surface area contributed by atoms with Crippen LogP contribution in [0.1, 0.15) is 67.6 Å². The van der Waals surface area contributed by atoms with Crippen molar-refractivity contribution in [2.24, 2.45) is 5.92 Å². The highest BCUT2D eigenvalue weighted by Crippen LogP contribution is 2.37. The van der Waals surface area contributed by atoms with E-state index in [2.05, 4.69) is 22.3 Å². The van der Waals surface area contributed by atoms with Gasteiger partial charge in [0.1, 0.15) is 5.82 Å². The molecule has 1 saturated heterocycles. The van der Waals surface area contributed by atoms with Crippen LogP contribution in [0, 0.1) is 11.7 Å². The molecule has 5 nitrogen and oxygen atoms in total. The molecule has 1 aliphatic heterocycles. The Morgan fingerprint density at radius 3 is 2.26 bits per heavy atom. The van der Waals surface area contributed by atoms with Gasteiger partial charge in [-0.15, -0.1) is 0 Å². The minimum atomic E-state index is -1.14. The topological polar surface area (TPSA) is 72.5 Å². The standard InChI is InChI=1S/C32H37FN2O3/c1-22(2)31(36)34-28-10-6-9-26(21-28)23-15-18-35(19-16-23)20-17-29(24-7-4-3-5-8-24)30(32(37)38)25-11-13-27(33)14-12-25/h3-14,21-23,29-30H,15-20H2,1-2H3,(H,34,36)(H,37,38)/p-1. The molecule has 2 unspecified atom stereocenters. The van der Waals surface area contributed by atoms with Crippen molar-refractivity contribution in [3.05, 3.63) is 101 Å². The molecule has 1 amide bonds. The highest BCUT2D eigenvalue weighted by atomic mass is 19.1. The number of amides is 1. The first-order valence-electron chi connectivity index (χ1n) is 13.5. The average Bonchev–Trinajstić information content (AvgIpc) is 2.92. The number of halogens is 1. The third-order valence-electron chi connectivity index (χ3n) is 7.61. The van der Waals surface area contributed by atoms with Crippen molar-refractivity contribution in [3.63, 3.8) is 0 Å². The van der Waals surface area contributed by atoms with Crippen molar-refractivity contribution in [2.45, 2.75) is 50.9 Å². The predicted octanol–water partition coefficient (Wildman–Crippen LogP) is 5.31. The summed E-state index contributed by atoms with van der Waals surface area (Å²) in [6.45, 7) is 6.36. The maximum Gasteiger partial charge on any atom is 0.226 e. The summed E-state index contributed by atoms with van der Waals surface area (Å²) < 4.78 is 13.5. The fraction of sp³-hybridized carbons (Fsp3) is 0.375. The number of likely N-dealkylation sites (tertiary alicyclic amines) is 1. The summed E-state index contributed by atoms with van der Waals surface area (Å²) >= 11 is 0. The van der Waals surface area contributed by atoms with E-state index >= 15 is 0 Å². The smallest absolute Gasteiger partial charge is 0.226 e. The van der Waals surface area contributed by atoms with Crippen LogP contribution in [0.5, 0.6) is 0 Å². The molecule has 0 radical (unpaired) electrons. The van der Waals surface area contributed by atoms with Gasteiger partial charge < -0.3 is 20.1 Å². The van der Waals surface area contributed by atoms with E-state index in [0.717, 1.165) is 43.7 Å². The van der Waals surface area contributed by atoms with Crippen LogP contribution in [0.3, 0.4) is 0 Å². The minimum absolute atomic E-state index is 0.0143. The molecular formula is C32H36FN2O3-. The predicted molar refractivity (Wildman–Crippen MR) is 146 cm³/mol. The molecule has 0 aromatic heterocycles. The molecular weight excluding hydrogens is 479 g/mol. The zero-order chi connectivity index (χ0) is 27.1. The van der Waals surface area contributed by atoms with E-state index in [1.807, 2.05) is 56.3 Å². The van der Waals surface area contributed by atoms with Gasteiger partial charge in [0.15, 0.2) is 0 Å². The molecule has 3 aromatic carbocycles. The number of benzene rings is 3. The molecule has 6 heteroatoms. The number of rotatable bonds is 10. The number of nitrogens with one attached hydrogen (secondary N) is 1. The third-order valence-corrected chi connectivity index (χ3v) is 7.61. The summed E-state index contributed by atoms with van der Waals surface area (Å²) in [4.78, 5) is 26.8.